The lowest BCUT2D eigenvalue weighted by Gasteiger charge is -2.40. The van der Waals surface area contributed by atoms with E-state index in [1.54, 1.807) is 0 Å². The molecule has 1 N–H and O–H groups in total. The highest BCUT2D eigenvalue weighted by Crippen LogP contribution is 2.43. The van der Waals surface area contributed by atoms with Crippen LogP contribution in [0.25, 0.3) is 0 Å². The Hall–Kier alpha value is -1.99. The van der Waals surface area contributed by atoms with Gasteiger partial charge in [0.25, 0.3) is 0 Å². The number of hydrogen-bond acceptors (Lipinski definition) is 4. The van der Waals surface area contributed by atoms with Crippen molar-refractivity contribution in [3.63, 3.8) is 0 Å². The van der Waals surface area contributed by atoms with Crippen molar-refractivity contribution in [2.24, 2.45) is 5.92 Å². The molecular weight excluding hydrogens is 489 g/mol. The molecule has 8 heteroatoms. The lowest BCUT2D eigenvalue weighted by atomic mass is 9.86. The summed E-state index contributed by atoms with van der Waals surface area (Å²) in [6.07, 6.45) is 7.08. The fourth-order valence-electron chi connectivity index (χ4n) is 6.93. The molecule has 2 aromatic rings. The number of alkyl halides is 2. The lowest BCUT2D eigenvalue weighted by Crippen LogP contribution is -2.45. The number of fused-ring (bicyclic) bond motifs is 2. The number of aryl methyl sites for hydroxylation is 1. The van der Waals surface area contributed by atoms with E-state index in [1.165, 1.54) is 12.8 Å². The van der Waals surface area contributed by atoms with Crippen LogP contribution in [0.3, 0.4) is 0 Å². The molecule has 1 amide bonds. The molecule has 1 aromatic heterocycles. The van der Waals surface area contributed by atoms with Gasteiger partial charge >= 0.3 is 0 Å². The van der Waals surface area contributed by atoms with Gasteiger partial charge in [-0.05, 0) is 70.3 Å². The first-order chi connectivity index (χ1) is 17.7. The number of halogens is 2. The molecule has 6 nitrogen and oxygen atoms in total. The zero-order valence-corrected chi connectivity index (χ0v) is 23.1. The number of carbonyl (C=O) groups excluding carboxylic acids is 1. The van der Waals surface area contributed by atoms with Crippen LogP contribution in [0.2, 0.25) is 0 Å². The molecule has 37 heavy (non-hydrogen) atoms. The van der Waals surface area contributed by atoms with Crippen LogP contribution in [0.15, 0.2) is 30.3 Å². The molecule has 1 saturated carbocycles. The molecular formula is C29H41ClFN5O. The van der Waals surface area contributed by atoms with Crippen molar-refractivity contribution in [1.82, 2.24) is 25.0 Å². The second-order valence-corrected chi connectivity index (χ2v) is 12.4. The van der Waals surface area contributed by atoms with Crippen LogP contribution in [0.4, 0.5) is 4.39 Å². The molecule has 3 atom stereocenters. The average molecular weight is 530 g/mol. The van der Waals surface area contributed by atoms with Crippen molar-refractivity contribution in [3.8, 4) is 0 Å². The summed E-state index contributed by atoms with van der Waals surface area (Å²) in [5, 5.41) is 10.6. The molecule has 202 valence electrons. The third-order valence-electron chi connectivity index (χ3n) is 8.92. The number of nitrogens with one attached hydrogen (secondary N) is 1. The molecule has 2 saturated heterocycles. The van der Waals surface area contributed by atoms with Gasteiger partial charge in [0.1, 0.15) is 11.6 Å². The van der Waals surface area contributed by atoms with Crippen LogP contribution in [0.5, 0.6) is 0 Å². The van der Waals surface area contributed by atoms with E-state index in [-0.39, 0.29) is 30.7 Å². The van der Waals surface area contributed by atoms with Gasteiger partial charge in [-0.25, -0.2) is 4.39 Å². The second-order valence-electron chi connectivity index (χ2n) is 11.8. The molecule has 2 bridgehead atoms. The van der Waals surface area contributed by atoms with Crippen LogP contribution >= 0.6 is 11.6 Å². The van der Waals surface area contributed by atoms with E-state index in [0.29, 0.717) is 36.9 Å². The number of nitrogens with zero attached hydrogens (tertiary/aromatic N) is 4. The number of piperidine rings is 1. The highest BCUT2D eigenvalue weighted by atomic mass is 35.5. The van der Waals surface area contributed by atoms with Gasteiger partial charge in [0.2, 0.25) is 5.91 Å². The lowest BCUT2D eigenvalue weighted by molar-refractivity contribution is -0.127. The van der Waals surface area contributed by atoms with Crippen molar-refractivity contribution in [2.75, 3.05) is 6.54 Å². The zero-order valence-electron chi connectivity index (χ0n) is 22.4. The first-order valence-corrected chi connectivity index (χ1v) is 14.5. The first-order valence-electron chi connectivity index (χ1n) is 14.1. The summed E-state index contributed by atoms with van der Waals surface area (Å²) in [5.74, 6) is 2.36. The maximum Gasteiger partial charge on any atom is 0.223 e. The predicted octanol–water partition coefficient (Wildman–Crippen LogP) is 6.22. The Bertz CT molecular complexity index is 1050. The summed E-state index contributed by atoms with van der Waals surface area (Å²) in [6, 6.07) is 11.8. The van der Waals surface area contributed by atoms with Crippen molar-refractivity contribution in [1.29, 1.82) is 0 Å². The fraction of sp³-hybridized carbons (Fsp3) is 0.690. The number of rotatable bonds is 8. The second kappa shape index (κ2) is 11.0. The van der Waals surface area contributed by atoms with Gasteiger partial charge in [-0.15, -0.1) is 10.2 Å². The van der Waals surface area contributed by atoms with E-state index < -0.39 is 5.13 Å². The molecule has 1 aromatic carbocycles. The summed E-state index contributed by atoms with van der Waals surface area (Å²) in [4.78, 5) is 15.9. The molecule has 3 fully saturated rings. The minimum atomic E-state index is -1.65. The van der Waals surface area contributed by atoms with Crippen LogP contribution in [0.1, 0.15) is 107 Å². The summed E-state index contributed by atoms with van der Waals surface area (Å²) in [7, 11) is 0. The Balaban J connectivity index is 1.24. The molecule has 1 aliphatic carbocycles. The molecule has 3 heterocycles. The van der Waals surface area contributed by atoms with Gasteiger partial charge in [-0.2, -0.15) is 0 Å². The average Bonchev–Trinajstić information content (AvgIpc) is 3.37. The Morgan fingerprint density at radius 3 is 2.35 bits per heavy atom. The van der Waals surface area contributed by atoms with E-state index in [0.717, 1.165) is 43.0 Å². The highest BCUT2D eigenvalue weighted by molar-refractivity contribution is 6.22. The van der Waals surface area contributed by atoms with E-state index in [2.05, 4.69) is 57.9 Å². The topological polar surface area (TPSA) is 63.1 Å². The Morgan fingerprint density at radius 2 is 1.73 bits per heavy atom. The maximum atomic E-state index is 14.1. The van der Waals surface area contributed by atoms with Gasteiger partial charge in [0.15, 0.2) is 5.13 Å². The fourth-order valence-corrected chi connectivity index (χ4v) is 7.15. The number of carbonyl (C=O) groups is 1. The van der Waals surface area contributed by atoms with Crippen molar-refractivity contribution < 1.29 is 9.18 Å². The van der Waals surface area contributed by atoms with E-state index in [4.69, 9.17) is 11.6 Å². The minimum Gasteiger partial charge on any atom is -0.349 e. The van der Waals surface area contributed by atoms with Gasteiger partial charge in [-0.1, -0.05) is 55.8 Å². The number of amides is 1. The Labute approximate surface area is 225 Å². The number of aromatic nitrogens is 3. The largest absolute Gasteiger partial charge is 0.349 e. The summed E-state index contributed by atoms with van der Waals surface area (Å²) < 4.78 is 16.5. The zero-order chi connectivity index (χ0) is 26.2. The minimum absolute atomic E-state index is 0.0343. The van der Waals surface area contributed by atoms with Crippen molar-refractivity contribution >= 4 is 17.5 Å². The third kappa shape index (κ3) is 5.88. The van der Waals surface area contributed by atoms with Crippen molar-refractivity contribution in [3.05, 3.63) is 47.5 Å². The third-order valence-corrected chi connectivity index (χ3v) is 9.29. The summed E-state index contributed by atoms with van der Waals surface area (Å²) in [6.45, 7) is 7.42. The summed E-state index contributed by atoms with van der Waals surface area (Å²) >= 11 is 5.88. The molecule has 0 unspecified atom stereocenters. The van der Waals surface area contributed by atoms with Gasteiger partial charge in [-0.3, -0.25) is 9.69 Å². The molecule has 5 rings (SSSR count). The van der Waals surface area contributed by atoms with Crippen molar-refractivity contribution in [2.45, 2.75) is 114 Å². The van der Waals surface area contributed by atoms with Crippen LogP contribution in [0, 0.1) is 12.8 Å². The van der Waals surface area contributed by atoms with E-state index >= 15 is 0 Å². The molecule has 2 aliphatic heterocycles. The molecule has 0 radical (unpaired) electrons. The quantitative estimate of drug-likeness (QED) is 0.412. The number of benzene rings is 1. The smallest absolute Gasteiger partial charge is 0.223 e. The van der Waals surface area contributed by atoms with E-state index in [9.17, 15) is 9.18 Å². The number of hydrogen-bond donors (Lipinski definition) is 1. The SMILES string of the molecule is Cc1nnc(C(C)C)n1C1C[C@@H]2CC[C@@H](C1)N2CC[C@H](NC(=O)C1CCC(F)(Cl)CC1)c1ccccc1. The monoisotopic (exact) mass is 529 g/mol. The highest BCUT2D eigenvalue weighted by Gasteiger charge is 2.42. The van der Waals surface area contributed by atoms with Crippen LogP contribution < -0.4 is 5.32 Å². The first kappa shape index (κ1) is 26.6. The Morgan fingerprint density at radius 1 is 1.08 bits per heavy atom. The standard InChI is InChI=1S/C29H41ClFN5O/c1-19(2)27-34-33-20(3)36(27)25-17-23-9-10-24(18-25)35(23)16-13-26(21-7-5-4-6-8-21)32-28(37)22-11-14-29(30,31)15-12-22/h4-8,19,22-26H,9-18H2,1-3H3,(H,32,37)/t22?,23-,24-,26-,29?/m0/s1. The summed E-state index contributed by atoms with van der Waals surface area (Å²) in [5.41, 5.74) is 1.13. The van der Waals surface area contributed by atoms with Crippen LogP contribution in [-0.4, -0.2) is 49.3 Å². The molecule has 0 spiro atoms. The Kier molecular flexibility index (Phi) is 7.92. The predicted molar refractivity (Wildman–Crippen MR) is 144 cm³/mol. The van der Waals surface area contributed by atoms with Gasteiger partial charge < -0.3 is 9.88 Å². The van der Waals surface area contributed by atoms with Crippen LogP contribution in [-0.2, 0) is 4.79 Å². The van der Waals surface area contributed by atoms with Gasteiger partial charge in [0.05, 0.1) is 6.04 Å². The van der Waals surface area contributed by atoms with E-state index in [1.807, 2.05) is 18.2 Å². The van der Waals surface area contributed by atoms with Gasteiger partial charge in [0, 0.05) is 36.5 Å². The molecule has 3 aliphatic rings. The normalized spacial score (nSPS) is 31.0. The maximum absolute atomic E-state index is 14.1.